The highest BCUT2D eigenvalue weighted by atomic mass is 35.5. The molecule has 1 unspecified atom stereocenters. The van der Waals surface area contributed by atoms with Crippen molar-refractivity contribution in [1.29, 1.82) is 0 Å². The van der Waals surface area contributed by atoms with Crippen LogP contribution in [-0.4, -0.2) is 31.2 Å². The number of nitrogens with zero attached hydrogens (tertiary/aromatic N) is 2. The van der Waals surface area contributed by atoms with Gasteiger partial charge in [0.05, 0.1) is 17.4 Å². The van der Waals surface area contributed by atoms with E-state index in [9.17, 15) is 10.1 Å². The van der Waals surface area contributed by atoms with Crippen LogP contribution in [0.5, 0.6) is 0 Å². The summed E-state index contributed by atoms with van der Waals surface area (Å²) in [4.78, 5) is 12.6. The number of alkyl halides is 1. The zero-order valence-corrected chi connectivity index (χ0v) is 12.2. The van der Waals surface area contributed by atoms with E-state index in [0.717, 1.165) is 12.2 Å². The maximum atomic E-state index is 10.9. The average molecular weight is 287 g/mol. The molecule has 6 heteroatoms. The summed E-state index contributed by atoms with van der Waals surface area (Å²) >= 11 is 5.79. The zero-order valence-electron chi connectivity index (χ0n) is 11.4. The van der Waals surface area contributed by atoms with Gasteiger partial charge in [0.15, 0.2) is 0 Å². The minimum Gasteiger partial charge on any atom is -0.383 e. The molecule has 0 aliphatic carbocycles. The molecule has 0 aliphatic rings. The molecule has 0 aliphatic heterocycles. The molecule has 0 radical (unpaired) electrons. The molecule has 106 valence electrons. The van der Waals surface area contributed by atoms with Gasteiger partial charge in [-0.15, -0.1) is 11.6 Å². The molecule has 0 fully saturated rings. The number of benzene rings is 1. The molecule has 0 amide bonds. The Morgan fingerprint density at radius 1 is 1.53 bits per heavy atom. The van der Waals surface area contributed by atoms with Gasteiger partial charge >= 0.3 is 0 Å². The topological polar surface area (TPSA) is 55.6 Å². The first-order chi connectivity index (χ1) is 9.04. The number of hydrogen-bond acceptors (Lipinski definition) is 4. The van der Waals surface area contributed by atoms with Gasteiger partial charge in [-0.25, -0.2) is 0 Å². The predicted octanol–water partition coefficient (Wildman–Crippen LogP) is 3.19. The lowest BCUT2D eigenvalue weighted by Crippen LogP contribution is -2.36. The van der Waals surface area contributed by atoms with Gasteiger partial charge in [0, 0.05) is 37.0 Å². The summed E-state index contributed by atoms with van der Waals surface area (Å²) in [5, 5.41) is 10.9. The molecular formula is C13H19ClN2O3. The molecular weight excluding hydrogens is 268 g/mol. The Bertz CT molecular complexity index is 440. The SMILES string of the molecule is CCN(c1ccc([N+](=O)[O-])c(CCl)c1)C(C)COC. The van der Waals surface area contributed by atoms with Crippen LogP contribution >= 0.6 is 11.6 Å². The van der Waals surface area contributed by atoms with Gasteiger partial charge < -0.3 is 9.64 Å². The third-order valence-electron chi connectivity index (χ3n) is 3.02. The highest BCUT2D eigenvalue weighted by Crippen LogP contribution is 2.27. The molecule has 0 spiro atoms. The highest BCUT2D eigenvalue weighted by molar-refractivity contribution is 6.17. The summed E-state index contributed by atoms with van der Waals surface area (Å²) in [5.74, 6) is 0.125. The van der Waals surface area contributed by atoms with Gasteiger partial charge in [-0.05, 0) is 26.0 Å². The number of ether oxygens (including phenoxy) is 1. The lowest BCUT2D eigenvalue weighted by Gasteiger charge is -2.30. The molecule has 0 bridgehead atoms. The quantitative estimate of drug-likeness (QED) is 0.439. The first-order valence-corrected chi connectivity index (χ1v) is 6.67. The third kappa shape index (κ3) is 3.81. The standard InChI is InChI=1S/C13H19ClN2O3/c1-4-15(10(2)9-19-3)12-5-6-13(16(17)18)11(7-12)8-14/h5-7,10H,4,8-9H2,1-3H3. The first kappa shape index (κ1) is 15.7. The predicted molar refractivity (Wildman–Crippen MR) is 77.0 cm³/mol. The van der Waals surface area contributed by atoms with Gasteiger partial charge in [0.25, 0.3) is 5.69 Å². The van der Waals surface area contributed by atoms with Crippen LogP contribution in [0.15, 0.2) is 18.2 Å². The smallest absolute Gasteiger partial charge is 0.273 e. The van der Waals surface area contributed by atoms with Crippen LogP contribution in [0.1, 0.15) is 19.4 Å². The zero-order chi connectivity index (χ0) is 14.4. The van der Waals surface area contributed by atoms with Crippen LogP contribution in [0.2, 0.25) is 0 Å². The van der Waals surface area contributed by atoms with Crippen LogP contribution in [-0.2, 0) is 10.6 Å². The van der Waals surface area contributed by atoms with Gasteiger partial charge in [-0.2, -0.15) is 0 Å². The van der Waals surface area contributed by atoms with Gasteiger partial charge in [0.1, 0.15) is 0 Å². The number of nitro benzene ring substituents is 1. The summed E-state index contributed by atoms with van der Waals surface area (Å²) in [6, 6.07) is 5.24. The molecule has 5 nitrogen and oxygen atoms in total. The van der Waals surface area contributed by atoms with Crippen molar-refractivity contribution in [3.05, 3.63) is 33.9 Å². The van der Waals surface area contributed by atoms with Crippen LogP contribution in [0.3, 0.4) is 0 Å². The highest BCUT2D eigenvalue weighted by Gasteiger charge is 2.18. The fourth-order valence-electron chi connectivity index (χ4n) is 2.12. The fraction of sp³-hybridized carbons (Fsp3) is 0.538. The van der Waals surface area contributed by atoms with E-state index in [0.29, 0.717) is 12.2 Å². The maximum Gasteiger partial charge on any atom is 0.273 e. The Morgan fingerprint density at radius 2 is 2.21 bits per heavy atom. The van der Waals surface area contributed by atoms with Gasteiger partial charge in [-0.3, -0.25) is 10.1 Å². The number of likely N-dealkylation sites (N-methyl/N-ethyl adjacent to an activating group) is 1. The van der Waals surface area contributed by atoms with E-state index in [1.165, 1.54) is 6.07 Å². The monoisotopic (exact) mass is 286 g/mol. The van der Waals surface area contributed by atoms with Crippen molar-refractivity contribution in [1.82, 2.24) is 0 Å². The minimum absolute atomic E-state index is 0.0641. The Kier molecular flexibility index (Phi) is 6.05. The molecule has 0 heterocycles. The lowest BCUT2D eigenvalue weighted by molar-refractivity contribution is -0.385. The molecule has 0 aromatic heterocycles. The summed E-state index contributed by atoms with van der Waals surface area (Å²) in [5.41, 5.74) is 1.52. The second-order valence-electron chi connectivity index (χ2n) is 4.29. The fourth-order valence-corrected chi connectivity index (χ4v) is 2.33. The van der Waals surface area contributed by atoms with Crippen molar-refractivity contribution in [2.45, 2.75) is 25.8 Å². The van der Waals surface area contributed by atoms with E-state index < -0.39 is 4.92 Å². The van der Waals surface area contributed by atoms with E-state index in [1.807, 2.05) is 6.92 Å². The summed E-state index contributed by atoms with van der Waals surface area (Å²) in [6.45, 7) is 5.48. The number of anilines is 1. The van der Waals surface area contributed by atoms with Crippen molar-refractivity contribution in [3.8, 4) is 0 Å². The Labute approximate surface area is 118 Å². The minimum atomic E-state index is -0.406. The Morgan fingerprint density at radius 3 is 2.68 bits per heavy atom. The number of nitro groups is 1. The van der Waals surface area contributed by atoms with E-state index in [4.69, 9.17) is 16.3 Å². The molecule has 19 heavy (non-hydrogen) atoms. The van der Waals surface area contributed by atoms with Gasteiger partial charge in [-0.1, -0.05) is 0 Å². The second kappa shape index (κ2) is 7.31. The molecule has 1 aromatic rings. The van der Waals surface area contributed by atoms with Crippen LogP contribution in [0, 0.1) is 10.1 Å². The number of hydrogen-bond donors (Lipinski definition) is 0. The molecule has 1 atom stereocenters. The third-order valence-corrected chi connectivity index (χ3v) is 3.30. The van der Waals surface area contributed by atoms with Crippen LogP contribution < -0.4 is 4.90 Å². The largest absolute Gasteiger partial charge is 0.383 e. The summed E-state index contributed by atoms with van der Waals surface area (Å²) in [6.07, 6.45) is 0. The van der Waals surface area contributed by atoms with Crippen molar-refractivity contribution in [2.24, 2.45) is 0 Å². The second-order valence-corrected chi connectivity index (χ2v) is 4.56. The number of rotatable bonds is 7. The van der Waals surface area contributed by atoms with E-state index >= 15 is 0 Å². The normalized spacial score (nSPS) is 12.2. The lowest BCUT2D eigenvalue weighted by atomic mass is 10.1. The molecule has 0 N–H and O–H groups in total. The number of halogens is 1. The van der Waals surface area contributed by atoms with Crippen LogP contribution in [0.25, 0.3) is 0 Å². The van der Waals surface area contributed by atoms with Crippen molar-refractivity contribution < 1.29 is 9.66 Å². The average Bonchev–Trinajstić information content (AvgIpc) is 2.39. The van der Waals surface area contributed by atoms with E-state index in [2.05, 4.69) is 11.8 Å². The van der Waals surface area contributed by atoms with E-state index in [1.54, 1.807) is 19.2 Å². The van der Waals surface area contributed by atoms with E-state index in [-0.39, 0.29) is 17.6 Å². The Hall–Kier alpha value is -1.33. The van der Waals surface area contributed by atoms with Crippen molar-refractivity contribution in [2.75, 3.05) is 25.2 Å². The van der Waals surface area contributed by atoms with Crippen molar-refractivity contribution in [3.63, 3.8) is 0 Å². The summed E-state index contributed by atoms with van der Waals surface area (Å²) < 4.78 is 5.15. The van der Waals surface area contributed by atoms with Crippen LogP contribution in [0.4, 0.5) is 11.4 Å². The molecule has 1 aromatic carbocycles. The van der Waals surface area contributed by atoms with Gasteiger partial charge in [0.2, 0.25) is 0 Å². The van der Waals surface area contributed by atoms with Crippen molar-refractivity contribution >= 4 is 23.0 Å². The maximum absolute atomic E-state index is 10.9. The molecule has 0 saturated heterocycles. The molecule has 0 saturated carbocycles. The first-order valence-electron chi connectivity index (χ1n) is 6.14. The number of methoxy groups -OCH3 is 1. The Balaban J connectivity index is 3.09. The molecule has 1 rings (SSSR count). The summed E-state index contributed by atoms with van der Waals surface area (Å²) in [7, 11) is 1.66.